The predicted molar refractivity (Wildman–Crippen MR) is 113 cm³/mol. The first kappa shape index (κ1) is 20.0. The Morgan fingerprint density at radius 1 is 0.714 bits per heavy atom. The van der Waals surface area contributed by atoms with E-state index < -0.39 is 0 Å². The van der Waals surface area contributed by atoms with Gasteiger partial charge >= 0.3 is 0 Å². The van der Waals surface area contributed by atoms with E-state index in [-0.39, 0.29) is 5.60 Å². The van der Waals surface area contributed by atoms with Crippen molar-refractivity contribution in [1.82, 2.24) is 0 Å². The lowest BCUT2D eigenvalue weighted by Crippen LogP contribution is -2.27. The molecule has 3 rings (SSSR count). The number of benzene rings is 3. The highest BCUT2D eigenvalue weighted by Gasteiger charge is 2.19. The Labute approximate surface area is 167 Å². The van der Waals surface area contributed by atoms with Crippen molar-refractivity contribution in [3.63, 3.8) is 0 Å². The van der Waals surface area contributed by atoms with Gasteiger partial charge in [-0.25, -0.2) is 0 Å². The number of hydrogen-bond donors (Lipinski definition) is 0. The molecule has 0 aliphatic heterocycles. The second-order valence-corrected chi connectivity index (χ2v) is 7.36. The van der Waals surface area contributed by atoms with Crippen LogP contribution in [-0.4, -0.2) is 12.2 Å². The van der Waals surface area contributed by atoms with Crippen molar-refractivity contribution in [1.29, 1.82) is 0 Å². The average molecular weight is 376 g/mol. The Bertz CT molecular complexity index is 854. The summed E-state index contributed by atoms with van der Waals surface area (Å²) in [4.78, 5) is 0. The lowest BCUT2D eigenvalue weighted by atomic mass is 9.98. The molecule has 3 heteroatoms. The summed E-state index contributed by atoms with van der Waals surface area (Å²) < 4.78 is 17.6. The van der Waals surface area contributed by atoms with E-state index >= 15 is 0 Å². The summed E-state index contributed by atoms with van der Waals surface area (Å²) in [6.45, 7) is 7.45. The highest BCUT2D eigenvalue weighted by Crippen LogP contribution is 2.24. The summed E-state index contributed by atoms with van der Waals surface area (Å²) in [6, 6.07) is 26.1. The number of para-hydroxylation sites is 1. The van der Waals surface area contributed by atoms with Gasteiger partial charge in [0.1, 0.15) is 17.2 Å². The zero-order valence-electron chi connectivity index (χ0n) is 16.9. The monoisotopic (exact) mass is 376 g/mol. The second-order valence-electron chi connectivity index (χ2n) is 7.36. The largest absolute Gasteiger partial charge is 0.494 e. The fraction of sp³-hybridized carbons (Fsp3) is 0.280. The quantitative estimate of drug-likeness (QED) is 0.431. The molecular weight excluding hydrogens is 348 g/mol. The first-order chi connectivity index (χ1) is 13.5. The second kappa shape index (κ2) is 9.43. The van der Waals surface area contributed by atoms with Gasteiger partial charge in [0, 0.05) is 6.42 Å². The summed E-state index contributed by atoms with van der Waals surface area (Å²) in [5.41, 5.74) is 2.05. The van der Waals surface area contributed by atoms with E-state index in [1.807, 2.05) is 67.6 Å². The molecule has 3 aromatic carbocycles. The summed E-state index contributed by atoms with van der Waals surface area (Å²) in [5, 5.41) is 0. The van der Waals surface area contributed by atoms with Crippen molar-refractivity contribution in [2.75, 3.05) is 6.61 Å². The topological polar surface area (TPSA) is 27.7 Å². The van der Waals surface area contributed by atoms with Crippen LogP contribution >= 0.6 is 0 Å². The Kier molecular flexibility index (Phi) is 6.72. The molecule has 0 N–H and O–H groups in total. The van der Waals surface area contributed by atoms with Crippen molar-refractivity contribution >= 4 is 0 Å². The van der Waals surface area contributed by atoms with Gasteiger partial charge < -0.3 is 14.2 Å². The molecule has 28 heavy (non-hydrogen) atoms. The Morgan fingerprint density at radius 2 is 1.43 bits per heavy atom. The van der Waals surface area contributed by atoms with E-state index in [4.69, 9.17) is 14.2 Å². The Balaban J connectivity index is 1.57. The summed E-state index contributed by atoms with van der Waals surface area (Å²) in [7, 11) is 0. The average Bonchev–Trinajstić information content (AvgIpc) is 2.69. The molecule has 0 atom stereocenters. The third-order valence-corrected chi connectivity index (χ3v) is 4.37. The van der Waals surface area contributed by atoms with Crippen LogP contribution in [0, 0.1) is 0 Å². The first-order valence-corrected chi connectivity index (χ1v) is 9.72. The third kappa shape index (κ3) is 6.14. The van der Waals surface area contributed by atoms with Gasteiger partial charge in [-0.1, -0.05) is 42.5 Å². The molecule has 0 heterocycles. The van der Waals surface area contributed by atoms with Crippen LogP contribution in [0.1, 0.15) is 31.9 Å². The molecular formula is C25H28O3. The minimum Gasteiger partial charge on any atom is -0.494 e. The molecule has 0 aliphatic carbocycles. The minimum absolute atomic E-state index is 0.274. The van der Waals surface area contributed by atoms with Crippen LogP contribution in [0.25, 0.3) is 0 Å². The van der Waals surface area contributed by atoms with Crippen molar-refractivity contribution in [2.24, 2.45) is 0 Å². The van der Waals surface area contributed by atoms with Gasteiger partial charge in [0.2, 0.25) is 0 Å². The lowest BCUT2D eigenvalue weighted by molar-refractivity contribution is -0.0287. The standard InChI is InChI=1S/C25H28O3/c1-4-26-22-15-13-20(14-16-22)18-25(2,3)27-19-21-9-8-12-24(17-21)28-23-10-6-5-7-11-23/h5-17H,4,18-19H2,1-3H3. The fourth-order valence-electron chi connectivity index (χ4n) is 3.01. The van der Waals surface area contributed by atoms with Crippen molar-refractivity contribution in [3.8, 4) is 17.2 Å². The molecule has 0 saturated heterocycles. The molecule has 0 bridgehead atoms. The van der Waals surface area contributed by atoms with Gasteiger partial charge in [-0.05, 0) is 68.3 Å². The highest BCUT2D eigenvalue weighted by atomic mass is 16.5. The van der Waals surface area contributed by atoms with Crippen LogP contribution in [0.2, 0.25) is 0 Å². The van der Waals surface area contributed by atoms with E-state index in [0.29, 0.717) is 13.2 Å². The zero-order valence-corrected chi connectivity index (χ0v) is 16.9. The smallest absolute Gasteiger partial charge is 0.127 e. The van der Waals surface area contributed by atoms with E-state index in [2.05, 4.69) is 32.0 Å². The SMILES string of the molecule is CCOc1ccc(CC(C)(C)OCc2cccc(Oc3ccccc3)c2)cc1. The van der Waals surface area contributed by atoms with E-state index in [0.717, 1.165) is 29.2 Å². The highest BCUT2D eigenvalue weighted by molar-refractivity contribution is 5.33. The van der Waals surface area contributed by atoms with Crippen molar-refractivity contribution in [2.45, 2.75) is 39.4 Å². The van der Waals surface area contributed by atoms with Gasteiger partial charge in [-0.3, -0.25) is 0 Å². The normalized spacial score (nSPS) is 11.2. The van der Waals surface area contributed by atoms with Crippen LogP contribution < -0.4 is 9.47 Å². The molecule has 0 radical (unpaired) electrons. The maximum absolute atomic E-state index is 6.22. The van der Waals surface area contributed by atoms with Crippen molar-refractivity contribution < 1.29 is 14.2 Å². The van der Waals surface area contributed by atoms with Crippen LogP contribution in [0.15, 0.2) is 78.9 Å². The van der Waals surface area contributed by atoms with E-state index in [1.54, 1.807) is 0 Å². The molecule has 0 saturated carbocycles. The minimum atomic E-state index is -0.274. The summed E-state index contributed by atoms with van der Waals surface area (Å²) >= 11 is 0. The van der Waals surface area contributed by atoms with Gasteiger partial charge in [0.25, 0.3) is 0 Å². The van der Waals surface area contributed by atoms with Crippen molar-refractivity contribution in [3.05, 3.63) is 90.0 Å². The summed E-state index contributed by atoms with van der Waals surface area (Å²) in [5.74, 6) is 2.55. The van der Waals surface area contributed by atoms with Gasteiger partial charge in [0.05, 0.1) is 18.8 Å². The van der Waals surface area contributed by atoms with Crippen LogP contribution in [-0.2, 0) is 17.8 Å². The molecule has 0 aliphatic rings. The molecule has 3 aromatic rings. The van der Waals surface area contributed by atoms with E-state index in [9.17, 15) is 0 Å². The Hall–Kier alpha value is -2.78. The number of ether oxygens (including phenoxy) is 3. The molecule has 0 aromatic heterocycles. The van der Waals surface area contributed by atoms with E-state index in [1.165, 1.54) is 5.56 Å². The number of hydrogen-bond acceptors (Lipinski definition) is 3. The molecule has 0 amide bonds. The van der Waals surface area contributed by atoms with Crippen LogP contribution in [0.5, 0.6) is 17.2 Å². The van der Waals surface area contributed by atoms with Gasteiger partial charge in [-0.2, -0.15) is 0 Å². The third-order valence-electron chi connectivity index (χ3n) is 4.37. The molecule has 0 unspecified atom stereocenters. The van der Waals surface area contributed by atoms with Gasteiger partial charge in [-0.15, -0.1) is 0 Å². The predicted octanol–water partition coefficient (Wildman–Crippen LogP) is 6.42. The molecule has 0 spiro atoms. The van der Waals surface area contributed by atoms with Crippen LogP contribution in [0.4, 0.5) is 0 Å². The number of rotatable bonds is 9. The lowest BCUT2D eigenvalue weighted by Gasteiger charge is -2.26. The molecule has 146 valence electrons. The molecule has 0 fully saturated rings. The zero-order chi connectivity index (χ0) is 19.8. The fourth-order valence-corrected chi connectivity index (χ4v) is 3.01. The summed E-state index contributed by atoms with van der Waals surface area (Å²) in [6.07, 6.45) is 0.833. The molecule has 3 nitrogen and oxygen atoms in total. The van der Waals surface area contributed by atoms with Crippen LogP contribution in [0.3, 0.4) is 0 Å². The maximum atomic E-state index is 6.22. The maximum Gasteiger partial charge on any atom is 0.127 e. The van der Waals surface area contributed by atoms with Gasteiger partial charge in [0.15, 0.2) is 0 Å². The first-order valence-electron chi connectivity index (χ1n) is 9.72. The Morgan fingerprint density at radius 3 is 2.14 bits per heavy atom.